The highest BCUT2D eigenvalue weighted by Gasteiger charge is 2.10. The molecule has 0 saturated carbocycles. The molecule has 14 heavy (non-hydrogen) atoms. The number of rotatable bonds is 5. The van der Waals surface area contributed by atoms with Gasteiger partial charge < -0.3 is 10.4 Å². The summed E-state index contributed by atoms with van der Waals surface area (Å²) in [5, 5.41) is 14.5. The summed E-state index contributed by atoms with van der Waals surface area (Å²) in [6, 6.07) is 2.47. The van der Waals surface area contributed by atoms with E-state index in [2.05, 4.69) is 39.6 Å². The van der Waals surface area contributed by atoms with E-state index < -0.39 is 0 Å². The molecule has 0 aliphatic rings. The molecule has 1 heterocycles. The molecule has 0 radical (unpaired) electrons. The third kappa shape index (κ3) is 3.69. The van der Waals surface area contributed by atoms with Gasteiger partial charge in [0.25, 0.3) is 0 Å². The van der Waals surface area contributed by atoms with Gasteiger partial charge in [-0.2, -0.15) is 0 Å². The SMILES string of the molecule is CC(CO)C(C)NCc1csc(Br)c1. The molecule has 2 nitrogen and oxygen atoms in total. The normalized spacial score (nSPS) is 15.4. The number of hydrogen-bond acceptors (Lipinski definition) is 3. The minimum Gasteiger partial charge on any atom is -0.396 e. The van der Waals surface area contributed by atoms with Crippen molar-refractivity contribution in [2.45, 2.75) is 26.4 Å². The first-order chi connectivity index (χ1) is 6.63. The van der Waals surface area contributed by atoms with Crippen molar-refractivity contribution in [1.29, 1.82) is 0 Å². The molecule has 2 unspecified atom stereocenters. The van der Waals surface area contributed by atoms with Gasteiger partial charge in [-0.1, -0.05) is 6.92 Å². The molecule has 2 N–H and O–H groups in total. The fraction of sp³-hybridized carbons (Fsp3) is 0.600. The summed E-state index contributed by atoms with van der Waals surface area (Å²) in [6.07, 6.45) is 0. The minimum absolute atomic E-state index is 0.238. The van der Waals surface area contributed by atoms with Gasteiger partial charge in [0.1, 0.15) is 0 Å². The summed E-state index contributed by atoms with van der Waals surface area (Å²) in [4.78, 5) is 0. The maximum atomic E-state index is 8.96. The lowest BCUT2D eigenvalue weighted by Gasteiger charge is -2.18. The van der Waals surface area contributed by atoms with Gasteiger partial charge in [-0.25, -0.2) is 0 Å². The molecular weight excluding hydrogens is 262 g/mol. The molecule has 0 bridgehead atoms. The maximum Gasteiger partial charge on any atom is 0.0701 e. The molecule has 4 heteroatoms. The van der Waals surface area contributed by atoms with Crippen LogP contribution in [-0.2, 0) is 6.54 Å². The van der Waals surface area contributed by atoms with Gasteiger partial charge in [-0.05, 0) is 45.8 Å². The fourth-order valence-electron chi connectivity index (χ4n) is 1.08. The summed E-state index contributed by atoms with van der Waals surface area (Å²) in [7, 11) is 0. The van der Waals surface area contributed by atoms with E-state index >= 15 is 0 Å². The van der Waals surface area contributed by atoms with Crippen LogP contribution in [0.1, 0.15) is 19.4 Å². The molecule has 1 rings (SSSR count). The minimum atomic E-state index is 0.238. The monoisotopic (exact) mass is 277 g/mol. The first kappa shape index (κ1) is 12.2. The molecular formula is C10H16BrNOS. The van der Waals surface area contributed by atoms with Crippen molar-refractivity contribution in [1.82, 2.24) is 5.32 Å². The highest BCUT2D eigenvalue weighted by molar-refractivity contribution is 9.11. The van der Waals surface area contributed by atoms with Crippen LogP contribution >= 0.6 is 27.3 Å². The van der Waals surface area contributed by atoms with Crippen molar-refractivity contribution in [2.75, 3.05) is 6.61 Å². The molecule has 0 fully saturated rings. The molecule has 0 aliphatic heterocycles. The zero-order chi connectivity index (χ0) is 10.6. The zero-order valence-electron chi connectivity index (χ0n) is 8.46. The van der Waals surface area contributed by atoms with Crippen LogP contribution in [0.2, 0.25) is 0 Å². The number of aliphatic hydroxyl groups is 1. The third-order valence-corrected chi connectivity index (χ3v) is 3.94. The van der Waals surface area contributed by atoms with Crippen LogP contribution in [0.4, 0.5) is 0 Å². The van der Waals surface area contributed by atoms with Gasteiger partial charge in [0, 0.05) is 19.2 Å². The Labute approximate surface area is 97.5 Å². The van der Waals surface area contributed by atoms with Crippen LogP contribution in [0.15, 0.2) is 15.2 Å². The van der Waals surface area contributed by atoms with E-state index in [0.717, 1.165) is 10.3 Å². The maximum absolute atomic E-state index is 8.96. The topological polar surface area (TPSA) is 32.3 Å². The molecule has 0 spiro atoms. The highest BCUT2D eigenvalue weighted by atomic mass is 79.9. The number of hydrogen-bond donors (Lipinski definition) is 2. The van der Waals surface area contributed by atoms with E-state index in [1.165, 1.54) is 5.56 Å². The summed E-state index contributed by atoms with van der Waals surface area (Å²) in [5.74, 6) is 0.303. The molecule has 0 aliphatic carbocycles. The Morgan fingerprint density at radius 1 is 1.57 bits per heavy atom. The smallest absolute Gasteiger partial charge is 0.0701 e. The predicted octanol–water partition coefficient (Wildman–Crippen LogP) is 2.62. The predicted molar refractivity (Wildman–Crippen MR) is 64.6 cm³/mol. The Kier molecular flexibility index (Phi) is 5.09. The van der Waals surface area contributed by atoms with Crippen LogP contribution in [0.5, 0.6) is 0 Å². The van der Waals surface area contributed by atoms with Crippen LogP contribution in [-0.4, -0.2) is 17.8 Å². The fourth-order valence-corrected chi connectivity index (χ4v) is 2.29. The largest absolute Gasteiger partial charge is 0.396 e. The first-order valence-corrected chi connectivity index (χ1v) is 6.38. The van der Waals surface area contributed by atoms with Crippen molar-refractivity contribution in [3.63, 3.8) is 0 Å². The van der Waals surface area contributed by atoms with Crippen LogP contribution in [0.3, 0.4) is 0 Å². The van der Waals surface area contributed by atoms with Gasteiger partial charge in [-0.15, -0.1) is 11.3 Å². The molecule has 1 aromatic heterocycles. The Balaban J connectivity index is 2.33. The van der Waals surface area contributed by atoms with Gasteiger partial charge in [-0.3, -0.25) is 0 Å². The standard InChI is InChI=1S/C10H16BrNOS/c1-7(5-13)8(2)12-4-9-3-10(11)14-6-9/h3,6-8,12-13H,4-5H2,1-2H3. The lowest BCUT2D eigenvalue weighted by molar-refractivity contribution is 0.207. The summed E-state index contributed by atoms with van der Waals surface area (Å²) in [6.45, 7) is 5.25. The molecule has 2 atom stereocenters. The lowest BCUT2D eigenvalue weighted by Crippen LogP contribution is -2.33. The number of aliphatic hydroxyl groups excluding tert-OH is 1. The van der Waals surface area contributed by atoms with Crippen molar-refractivity contribution in [3.8, 4) is 0 Å². The Hall–Kier alpha value is 0.100. The highest BCUT2D eigenvalue weighted by Crippen LogP contribution is 2.20. The second-order valence-corrected chi connectivity index (χ2v) is 5.88. The second kappa shape index (κ2) is 5.85. The Morgan fingerprint density at radius 2 is 2.29 bits per heavy atom. The summed E-state index contributed by atoms with van der Waals surface area (Å²) < 4.78 is 1.16. The number of nitrogens with one attached hydrogen (secondary N) is 1. The summed E-state index contributed by atoms with van der Waals surface area (Å²) in [5.41, 5.74) is 1.29. The average Bonchev–Trinajstić information content (AvgIpc) is 2.59. The van der Waals surface area contributed by atoms with Crippen LogP contribution < -0.4 is 5.32 Å². The van der Waals surface area contributed by atoms with E-state index in [-0.39, 0.29) is 6.61 Å². The van der Waals surface area contributed by atoms with Crippen molar-refractivity contribution < 1.29 is 5.11 Å². The van der Waals surface area contributed by atoms with Crippen molar-refractivity contribution in [3.05, 3.63) is 20.8 Å². The van der Waals surface area contributed by atoms with Gasteiger partial charge in [0.05, 0.1) is 3.79 Å². The molecule has 0 aromatic carbocycles. The van der Waals surface area contributed by atoms with Gasteiger partial charge >= 0.3 is 0 Å². The Bertz CT molecular complexity index is 277. The summed E-state index contributed by atoms with van der Waals surface area (Å²) >= 11 is 5.13. The zero-order valence-corrected chi connectivity index (χ0v) is 10.9. The quantitative estimate of drug-likeness (QED) is 0.867. The van der Waals surface area contributed by atoms with Gasteiger partial charge in [0.2, 0.25) is 0 Å². The third-order valence-electron chi connectivity index (χ3n) is 2.39. The van der Waals surface area contributed by atoms with Crippen molar-refractivity contribution >= 4 is 27.3 Å². The van der Waals surface area contributed by atoms with Crippen LogP contribution in [0, 0.1) is 5.92 Å². The van der Waals surface area contributed by atoms with E-state index in [4.69, 9.17) is 5.11 Å². The van der Waals surface area contributed by atoms with Crippen molar-refractivity contribution in [2.24, 2.45) is 5.92 Å². The molecule has 80 valence electrons. The lowest BCUT2D eigenvalue weighted by atomic mass is 10.1. The molecule has 0 saturated heterocycles. The average molecular weight is 278 g/mol. The van der Waals surface area contributed by atoms with E-state index in [1.54, 1.807) is 11.3 Å². The first-order valence-electron chi connectivity index (χ1n) is 4.70. The van der Waals surface area contributed by atoms with E-state index in [9.17, 15) is 0 Å². The van der Waals surface area contributed by atoms with E-state index in [1.807, 2.05) is 6.92 Å². The second-order valence-electron chi connectivity index (χ2n) is 3.59. The Morgan fingerprint density at radius 3 is 2.79 bits per heavy atom. The molecule has 0 amide bonds. The molecule has 1 aromatic rings. The van der Waals surface area contributed by atoms with E-state index in [0.29, 0.717) is 12.0 Å². The van der Waals surface area contributed by atoms with Crippen LogP contribution in [0.25, 0.3) is 0 Å². The number of halogens is 1. The van der Waals surface area contributed by atoms with Gasteiger partial charge in [0.15, 0.2) is 0 Å². The number of thiophene rings is 1.